The van der Waals surface area contributed by atoms with Crippen molar-refractivity contribution in [3.63, 3.8) is 0 Å². The molecule has 0 saturated carbocycles. The highest BCUT2D eigenvalue weighted by molar-refractivity contribution is 5.67. The number of allylic oxidation sites excluding steroid dienone is 2. The van der Waals surface area contributed by atoms with E-state index in [0.29, 0.717) is 0 Å². The minimum atomic E-state index is 0.952. The number of hydrogen-bond acceptors (Lipinski definition) is 1. The maximum Gasteiger partial charge on any atom is 0.214 e. The predicted molar refractivity (Wildman–Crippen MR) is 61.5 cm³/mol. The molecular formula is C12H13N3. The number of nitrogens with zero attached hydrogens (tertiary/aromatic N) is 3. The zero-order valence-corrected chi connectivity index (χ0v) is 8.72. The standard InChI is InChI=1S/C12H13N3/c1-2-14-10-6-4-3-5-7-11(10)15-9-8-13-12(14)15/h4-9H,2-3H2,1H3. The number of aromatic nitrogens is 3. The fourth-order valence-corrected chi connectivity index (χ4v) is 2.14. The molecule has 3 heteroatoms. The molecule has 2 heterocycles. The summed E-state index contributed by atoms with van der Waals surface area (Å²) in [5.41, 5.74) is 2.49. The van der Waals surface area contributed by atoms with E-state index < -0.39 is 0 Å². The van der Waals surface area contributed by atoms with Crippen LogP contribution in [-0.2, 0) is 6.54 Å². The second-order valence-corrected chi connectivity index (χ2v) is 3.65. The van der Waals surface area contributed by atoms with Crippen molar-refractivity contribution in [1.82, 2.24) is 14.0 Å². The van der Waals surface area contributed by atoms with E-state index in [2.05, 4.69) is 45.2 Å². The average Bonchev–Trinajstić information content (AvgIpc) is 2.72. The Bertz CT molecular complexity index is 555. The minimum absolute atomic E-state index is 0.952. The zero-order chi connectivity index (χ0) is 10.3. The topological polar surface area (TPSA) is 22.2 Å². The van der Waals surface area contributed by atoms with Crippen molar-refractivity contribution in [3.8, 4) is 0 Å². The summed E-state index contributed by atoms with van der Waals surface area (Å²) in [6.07, 6.45) is 13.6. The summed E-state index contributed by atoms with van der Waals surface area (Å²) in [5, 5.41) is 0. The third-order valence-corrected chi connectivity index (χ3v) is 2.82. The lowest BCUT2D eigenvalue weighted by Gasteiger charge is -2.00. The highest BCUT2D eigenvalue weighted by atomic mass is 15.2. The van der Waals surface area contributed by atoms with Gasteiger partial charge in [-0.05, 0) is 25.5 Å². The largest absolute Gasteiger partial charge is 0.310 e. The van der Waals surface area contributed by atoms with Gasteiger partial charge in [0, 0.05) is 18.9 Å². The van der Waals surface area contributed by atoms with Crippen LogP contribution >= 0.6 is 0 Å². The molecular weight excluding hydrogens is 186 g/mol. The van der Waals surface area contributed by atoms with Crippen LogP contribution in [0.3, 0.4) is 0 Å². The molecule has 76 valence electrons. The summed E-state index contributed by atoms with van der Waals surface area (Å²) in [6.45, 7) is 3.10. The summed E-state index contributed by atoms with van der Waals surface area (Å²) < 4.78 is 4.38. The molecule has 0 fully saturated rings. The summed E-state index contributed by atoms with van der Waals surface area (Å²) in [5.74, 6) is 1.03. The molecule has 2 aromatic rings. The maximum atomic E-state index is 4.38. The van der Waals surface area contributed by atoms with Crippen molar-refractivity contribution in [3.05, 3.63) is 35.9 Å². The van der Waals surface area contributed by atoms with E-state index in [-0.39, 0.29) is 0 Å². The van der Waals surface area contributed by atoms with Gasteiger partial charge in [-0.15, -0.1) is 0 Å². The van der Waals surface area contributed by atoms with Crippen molar-refractivity contribution in [2.75, 3.05) is 0 Å². The van der Waals surface area contributed by atoms with Crippen LogP contribution < -0.4 is 0 Å². The molecule has 0 amide bonds. The Morgan fingerprint density at radius 1 is 1.27 bits per heavy atom. The summed E-state index contributed by atoms with van der Waals surface area (Å²) in [6, 6.07) is 0. The highest BCUT2D eigenvalue weighted by Crippen LogP contribution is 2.22. The summed E-state index contributed by atoms with van der Waals surface area (Å²) in [4.78, 5) is 4.38. The van der Waals surface area contributed by atoms with E-state index >= 15 is 0 Å². The first-order valence-corrected chi connectivity index (χ1v) is 5.30. The van der Waals surface area contributed by atoms with E-state index in [0.717, 1.165) is 18.7 Å². The molecule has 0 atom stereocenters. The minimum Gasteiger partial charge on any atom is -0.310 e. The number of aryl methyl sites for hydroxylation is 1. The van der Waals surface area contributed by atoms with Gasteiger partial charge in [-0.1, -0.05) is 12.2 Å². The summed E-state index contributed by atoms with van der Waals surface area (Å²) in [7, 11) is 0. The van der Waals surface area contributed by atoms with Gasteiger partial charge in [0.2, 0.25) is 5.78 Å². The third-order valence-electron chi connectivity index (χ3n) is 2.82. The van der Waals surface area contributed by atoms with Gasteiger partial charge >= 0.3 is 0 Å². The summed E-state index contributed by atoms with van der Waals surface area (Å²) >= 11 is 0. The molecule has 0 saturated heterocycles. The van der Waals surface area contributed by atoms with Gasteiger partial charge in [-0.2, -0.15) is 0 Å². The lowest BCUT2D eigenvalue weighted by molar-refractivity contribution is 0.775. The Kier molecular flexibility index (Phi) is 1.78. The smallest absolute Gasteiger partial charge is 0.214 e. The lowest BCUT2D eigenvalue weighted by atomic mass is 10.3. The predicted octanol–water partition coefficient (Wildman–Crippen LogP) is 2.59. The molecule has 3 nitrogen and oxygen atoms in total. The van der Waals surface area contributed by atoms with E-state index in [1.54, 1.807) is 0 Å². The first kappa shape index (κ1) is 8.53. The lowest BCUT2D eigenvalue weighted by Crippen LogP contribution is -1.97. The molecule has 0 unspecified atom stereocenters. The first-order chi connectivity index (χ1) is 7.42. The van der Waals surface area contributed by atoms with Crippen LogP contribution in [0.1, 0.15) is 24.7 Å². The molecule has 3 rings (SSSR count). The molecule has 0 radical (unpaired) electrons. The fourth-order valence-electron chi connectivity index (χ4n) is 2.14. The van der Waals surface area contributed by atoms with Gasteiger partial charge in [0.05, 0.1) is 11.4 Å². The van der Waals surface area contributed by atoms with Gasteiger partial charge in [0.25, 0.3) is 0 Å². The Morgan fingerprint density at radius 2 is 2.07 bits per heavy atom. The number of imidazole rings is 2. The van der Waals surface area contributed by atoms with Gasteiger partial charge in [0.1, 0.15) is 0 Å². The molecule has 0 N–H and O–H groups in total. The first-order valence-electron chi connectivity index (χ1n) is 5.30. The molecule has 0 spiro atoms. The fraction of sp³-hybridized carbons (Fsp3) is 0.250. The Hall–Kier alpha value is -1.77. The van der Waals surface area contributed by atoms with Gasteiger partial charge in [0.15, 0.2) is 0 Å². The van der Waals surface area contributed by atoms with E-state index in [4.69, 9.17) is 0 Å². The van der Waals surface area contributed by atoms with Crippen LogP contribution in [0.4, 0.5) is 0 Å². The molecule has 2 aromatic heterocycles. The van der Waals surface area contributed by atoms with Gasteiger partial charge in [-0.25, -0.2) is 4.98 Å². The van der Waals surface area contributed by atoms with E-state index in [1.807, 2.05) is 12.4 Å². The van der Waals surface area contributed by atoms with E-state index in [1.165, 1.54) is 11.4 Å². The number of rotatable bonds is 1. The van der Waals surface area contributed by atoms with Crippen LogP contribution in [-0.4, -0.2) is 14.0 Å². The van der Waals surface area contributed by atoms with Crippen LogP contribution in [0.5, 0.6) is 0 Å². The molecule has 0 aromatic carbocycles. The monoisotopic (exact) mass is 199 g/mol. The van der Waals surface area contributed by atoms with Crippen molar-refractivity contribution < 1.29 is 0 Å². The Morgan fingerprint density at radius 3 is 2.87 bits per heavy atom. The second kappa shape index (κ2) is 3.12. The van der Waals surface area contributed by atoms with Crippen LogP contribution in [0.25, 0.3) is 17.9 Å². The molecule has 1 aliphatic carbocycles. The van der Waals surface area contributed by atoms with Crippen molar-refractivity contribution >= 4 is 17.9 Å². The quantitative estimate of drug-likeness (QED) is 0.692. The molecule has 1 aliphatic rings. The SMILES string of the molecule is CCn1c2c(n3ccnc13)C=CCC=C2. The zero-order valence-electron chi connectivity index (χ0n) is 8.72. The Balaban J connectivity index is 2.43. The van der Waals surface area contributed by atoms with Gasteiger partial charge < -0.3 is 4.57 Å². The highest BCUT2D eigenvalue weighted by Gasteiger charge is 2.13. The van der Waals surface area contributed by atoms with Crippen molar-refractivity contribution in [2.24, 2.45) is 0 Å². The van der Waals surface area contributed by atoms with Crippen molar-refractivity contribution in [1.29, 1.82) is 0 Å². The maximum absolute atomic E-state index is 4.38. The second-order valence-electron chi connectivity index (χ2n) is 3.65. The van der Waals surface area contributed by atoms with Crippen molar-refractivity contribution in [2.45, 2.75) is 19.9 Å². The third kappa shape index (κ3) is 1.09. The van der Waals surface area contributed by atoms with Crippen LogP contribution in [0.2, 0.25) is 0 Å². The average molecular weight is 199 g/mol. The van der Waals surface area contributed by atoms with Crippen LogP contribution in [0, 0.1) is 0 Å². The van der Waals surface area contributed by atoms with Crippen LogP contribution in [0.15, 0.2) is 24.5 Å². The normalized spacial score (nSPS) is 14.5. The number of fused-ring (bicyclic) bond motifs is 3. The van der Waals surface area contributed by atoms with E-state index in [9.17, 15) is 0 Å². The molecule has 0 aliphatic heterocycles. The Labute approximate surface area is 88.4 Å². The number of hydrogen-bond donors (Lipinski definition) is 0. The molecule has 15 heavy (non-hydrogen) atoms. The molecule has 0 bridgehead atoms. The van der Waals surface area contributed by atoms with Gasteiger partial charge in [-0.3, -0.25) is 4.40 Å².